The first-order valence-electron chi connectivity index (χ1n) is 8.37. The number of hydrogen-bond donors (Lipinski definition) is 3. The van der Waals surface area contributed by atoms with Crippen LogP contribution in [0.5, 0.6) is 5.75 Å². The fraction of sp³-hybridized carbons (Fsp3) is 0.278. The van der Waals surface area contributed by atoms with E-state index in [0.29, 0.717) is 0 Å². The van der Waals surface area contributed by atoms with Gasteiger partial charge < -0.3 is 15.2 Å². The summed E-state index contributed by atoms with van der Waals surface area (Å²) < 4.78 is 67.6. The van der Waals surface area contributed by atoms with E-state index in [1.807, 2.05) is 0 Å². The van der Waals surface area contributed by atoms with E-state index in [1.165, 1.54) is 49.4 Å². The molecule has 0 saturated heterocycles. The SMILES string of the molecule is CC(O)CNS(=O)(=O)c1ccc(C(=O)NCc2ccccc2OC(F)(F)F)cc1. The number of rotatable bonds is 8. The number of ether oxygens (including phenoxy) is 1. The maximum atomic E-state index is 12.4. The Labute approximate surface area is 165 Å². The molecule has 0 heterocycles. The smallest absolute Gasteiger partial charge is 0.405 e. The Morgan fingerprint density at radius 1 is 1.14 bits per heavy atom. The minimum absolute atomic E-state index is 0.0985. The molecule has 1 amide bonds. The number of alkyl halides is 3. The summed E-state index contributed by atoms with van der Waals surface area (Å²) in [5.41, 5.74) is 0.244. The number of aliphatic hydroxyl groups is 1. The Morgan fingerprint density at radius 3 is 2.34 bits per heavy atom. The number of sulfonamides is 1. The van der Waals surface area contributed by atoms with Crippen LogP contribution in [0.25, 0.3) is 0 Å². The molecule has 11 heteroatoms. The van der Waals surface area contributed by atoms with Gasteiger partial charge in [0.25, 0.3) is 5.91 Å². The van der Waals surface area contributed by atoms with E-state index in [1.54, 1.807) is 0 Å². The number of benzene rings is 2. The number of carbonyl (C=O) groups is 1. The second-order valence-electron chi connectivity index (χ2n) is 6.06. The van der Waals surface area contributed by atoms with Gasteiger partial charge >= 0.3 is 6.36 Å². The maximum absolute atomic E-state index is 12.4. The molecule has 29 heavy (non-hydrogen) atoms. The Morgan fingerprint density at radius 2 is 1.76 bits per heavy atom. The quantitative estimate of drug-likeness (QED) is 0.593. The number of carbonyl (C=O) groups excluding carboxylic acids is 1. The topological polar surface area (TPSA) is 105 Å². The molecule has 1 atom stereocenters. The first-order chi connectivity index (χ1) is 13.5. The van der Waals surface area contributed by atoms with Gasteiger partial charge in [-0.2, -0.15) is 0 Å². The molecule has 0 aliphatic heterocycles. The number of hydrogen-bond acceptors (Lipinski definition) is 5. The number of para-hydroxylation sites is 1. The van der Waals surface area contributed by atoms with Crippen LogP contribution in [0, 0.1) is 0 Å². The van der Waals surface area contributed by atoms with Crippen LogP contribution in [0.1, 0.15) is 22.8 Å². The van der Waals surface area contributed by atoms with Crippen molar-refractivity contribution in [1.82, 2.24) is 10.0 Å². The summed E-state index contributed by atoms with van der Waals surface area (Å²) in [6.45, 7) is 1.04. The molecule has 0 fully saturated rings. The molecule has 0 saturated carbocycles. The van der Waals surface area contributed by atoms with E-state index in [-0.39, 0.29) is 29.1 Å². The van der Waals surface area contributed by atoms with Crippen LogP contribution in [0.3, 0.4) is 0 Å². The number of aliphatic hydroxyl groups excluding tert-OH is 1. The molecule has 1 unspecified atom stereocenters. The minimum Gasteiger partial charge on any atom is -0.405 e. The molecule has 0 bridgehead atoms. The highest BCUT2D eigenvalue weighted by molar-refractivity contribution is 7.89. The van der Waals surface area contributed by atoms with Crippen molar-refractivity contribution in [3.05, 3.63) is 59.7 Å². The van der Waals surface area contributed by atoms with Crippen molar-refractivity contribution in [2.45, 2.75) is 30.8 Å². The molecule has 7 nitrogen and oxygen atoms in total. The normalized spacial score (nSPS) is 13.0. The zero-order valence-electron chi connectivity index (χ0n) is 15.2. The third kappa shape index (κ3) is 7.04. The molecule has 0 aliphatic rings. The van der Waals surface area contributed by atoms with Gasteiger partial charge in [-0.25, -0.2) is 13.1 Å². The van der Waals surface area contributed by atoms with Crippen molar-refractivity contribution < 1.29 is 36.2 Å². The highest BCUT2D eigenvalue weighted by atomic mass is 32.2. The van der Waals surface area contributed by atoms with Crippen LogP contribution >= 0.6 is 0 Å². The van der Waals surface area contributed by atoms with Crippen molar-refractivity contribution in [3.8, 4) is 5.75 Å². The maximum Gasteiger partial charge on any atom is 0.573 e. The first kappa shape index (κ1) is 22.7. The highest BCUT2D eigenvalue weighted by Gasteiger charge is 2.32. The first-order valence-corrected chi connectivity index (χ1v) is 9.86. The molecule has 3 N–H and O–H groups in total. The highest BCUT2D eigenvalue weighted by Crippen LogP contribution is 2.26. The third-order valence-corrected chi connectivity index (χ3v) is 5.07. The van der Waals surface area contributed by atoms with E-state index in [9.17, 15) is 26.4 Å². The molecule has 2 rings (SSSR count). The summed E-state index contributed by atoms with van der Waals surface area (Å²) in [5, 5.41) is 11.6. The van der Waals surface area contributed by atoms with Gasteiger partial charge in [-0.05, 0) is 37.3 Å². The van der Waals surface area contributed by atoms with Crippen LogP contribution in [0.2, 0.25) is 0 Å². The fourth-order valence-electron chi connectivity index (χ4n) is 2.25. The second-order valence-corrected chi connectivity index (χ2v) is 7.83. The summed E-state index contributed by atoms with van der Waals surface area (Å²) in [4.78, 5) is 12.1. The van der Waals surface area contributed by atoms with E-state index in [4.69, 9.17) is 5.11 Å². The van der Waals surface area contributed by atoms with Crippen molar-refractivity contribution in [3.63, 3.8) is 0 Å². The molecule has 0 spiro atoms. The van der Waals surface area contributed by atoms with Crippen LogP contribution in [-0.4, -0.2) is 38.4 Å². The zero-order valence-corrected chi connectivity index (χ0v) is 16.0. The number of amides is 1. The summed E-state index contributed by atoms with van der Waals surface area (Å²) >= 11 is 0. The number of halogens is 3. The summed E-state index contributed by atoms with van der Waals surface area (Å²) in [6, 6.07) is 10.3. The van der Waals surface area contributed by atoms with Gasteiger partial charge in [0.15, 0.2) is 0 Å². The second kappa shape index (κ2) is 9.25. The lowest BCUT2D eigenvalue weighted by molar-refractivity contribution is -0.274. The average molecular weight is 432 g/mol. The van der Waals surface area contributed by atoms with Gasteiger partial charge in [0.2, 0.25) is 10.0 Å². The summed E-state index contributed by atoms with van der Waals surface area (Å²) in [7, 11) is -3.84. The van der Waals surface area contributed by atoms with Crippen LogP contribution < -0.4 is 14.8 Å². The van der Waals surface area contributed by atoms with E-state index in [0.717, 1.165) is 6.07 Å². The van der Waals surface area contributed by atoms with E-state index in [2.05, 4.69) is 14.8 Å². The largest absolute Gasteiger partial charge is 0.573 e. The predicted octanol–water partition coefficient (Wildman–Crippen LogP) is 2.17. The zero-order chi connectivity index (χ0) is 21.7. The molecule has 2 aromatic rings. The molecule has 0 aromatic heterocycles. The Kier molecular flexibility index (Phi) is 7.22. The van der Waals surface area contributed by atoms with Crippen LogP contribution in [0.4, 0.5) is 13.2 Å². The molecule has 0 aliphatic carbocycles. The Bertz CT molecular complexity index is 945. The van der Waals surface area contributed by atoms with Gasteiger partial charge in [0.05, 0.1) is 11.0 Å². The lowest BCUT2D eigenvalue weighted by Crippen LogP contribution is -2.30. The Hall–Kier alpha value is -2.63. The lowest BCUT2D eigenvalue weighted by Gasteiger charge is -2.13. The van der Waals surface area contributed by atoms with E-state index < -0.39 is 34.1 Å². The molecule has 158 valence electrons. The Balaban J connectivity index is 2.04. The van der Waals surface area contributed by atoms with Crippen LogP contribution in [0.15, 0.2) is 53.4 Å². The standard InChI is InChI=1S/C18H19F3N2O5S/c1-12(24)10-23-29(26,27)15-8-6-13(7-9-15)17(25)22-11-14-4-2-3-5-16(14)28-18(19,20)21/h2-9,12,23-24H,10-11H2,1H3,(H,22,25). The third-order valence-electron chi connectivity index (χ3n) is 3.63. The lowest BCUT2D eigenvalue weighted by atomic mass is 10.2. The average Bonchev–Trinajstić information content (AvgIpc) is 2.64. The van der Waals surface area contributed by atoms with Crippen LogP contribution in [-0.2, 0) is 16.6 Å². The monoisotopic (exact) mass is 432 g/mol. The molecular formula is C18H19F3N2O5S. The van der Waals surface area contributed by atoms with Gasteiger partial charge in [0, 0.05) is 24.2 Å². The van der Waals surface area contributed by atoms with Gasteiger partial charge in [-0.15, -0.1) is 13.2 Å². The fourth-order valence-corrected chi connectivity index (χ4v) is 3.37. The van der Waals surface area contributed by atoms with E-state index >= 15 is 0 Å². The van der Waals surface area contributed by atoms with Gasteiger partial charge in [-0.3, -0.25) is 4.79 Å². The molecular weight excluding hydrogens is 413 g/mol. The summed E-state index contributed by atoms with van der Waals surface area (Å²) in [6.07, 6.45) is -5.72. The number of nitrogens with one attached hydrogen (secondary N) is 2. The van der Waals surface area contributed by atoms with Crippen molar-refractivity contribution in [2.24, 2.45) is 0 Å². The van der Waals surface area contributed by atoms with Gasteiger partial charge in [0.1, 0.15) is 5.75 Å². The summed E-state index contributed by atoms with van der Waals surface area (Å²) in [5.74, 6) is -1.03. The van der Waals surface area contributed by atoms with Gasteiger partial charge in [-0.1, -0.05) is 18.2 Å². The molecule has 0 radical (unpaired) electrons. The van der Waals surface area contributed by atoms with Crippen molar-refractivity contribution >= 4 is 15.9 Å². The van der Waals surface area contributed by atoms with Crippen molar-refractivity contribution in [2.75, 3.05) is 6.54 Å². The molecule has 2 aromatic carbocycles. The predicted molar refractivity (Wildman–Crippen MR) is 97.6 cm³/mol. The van der Waals surface area contributed by atoms with Crippen molar-refractivity contribution in [1.29, 1.82) is 0 Å². The minimum atomic E-state index is -4.86.